The van der Waals surface area contributed by atoms with Gasteiger partial charge in [0.2, 0.25) is 0 Å². The van der Waals surface area contributed by atoms with Crippen molar-refractivity contribution < 1.29 is 45.0 Å². The van der Waals surface area contributed by atoms with Crippen LogP contribution in [0.5, 0.6) is 11.5 Å². The van der Waals surface area contributed by atoms with Crippen LogP contribution in [0.1, 0.15) is 9.67 Å². The third-order valence-electron chi connectivity index (χ3n) is 3.63. The van der Waals surface area contributed by atoms with Crippen LogP contribution in [0.4, 0.5) is 30.7 Å². The molecular formula is C15H11ClF7NO3S. The van der Waals surface area contributed by atoms with Crippen molar-refractivity contribution in [2.75, 3.05) is 20.8 Å². The first kappa shape index (κ1) is 22.3. The van der Waals surface area contributed by atoms with Crippen molar-refractivity contribution in [1.82, 2.24) is 5.32 Å². The SMILES string of the molecule is COc1cc2sc(C(=O)NCC(F)(F)C(F)(F)C(F)(F)F)c(Cl)c2cc1OC. The predicted octanol–water partition coefficient (Wildman–Crippen LogP) is 5.13. The van der Waals surface area contributed by atoms with Gasteiger partial charge in [-0.15, -0.1) is 11.3 Å². The summed E-state index contributed by atoms with van der Waals surface area (Å²) in [5, 5.41) is 1.45. The maximum absolute atomic E-state index is 13.3. The minimum absolute atomic E-state index is 0.204. The molecule has 13 heteroatoms. The molecule has 0 saturated heterocycles. The highest BCUT2D eigenvalue weighted by Crippen LogP contribution is 2.46. The van der Waals surface area contributed by atoms with E-state index >= 15 is 0 Å². The Morgan fingerprint density at radius 1 is 1.07 bits per heavy atom. The fraction of sp³-hybridized carbons (Fsp3) is 0.400. The number of ether oxygens (including phenoxy) is 2. The summed E-state index contributed by atoms with van der Waals surface area (Å²) in [7, 11) is 2.68. The van der Waals surface area contributed by atoms with Crippen LogP contribution < -0.4 is 14.8 Å². The number of hydrogen-bond acceptors (Lipinski definition) is 4. The lowest BCUT2D eigenvalue weighted by Crippen LogP contribution is -2.56. The molecule has 0 aliphatic rings. The normalized spacial score (nSPS) is 12.9. The molecule has 2 rings (SSSR count). The van der Waals surface area contributed by atoms with E-state index < -0.39 is 30.5 Å². The number of methoxy groups -OCH3 is 2. The molecule has 1 heterocycles. The first-order valence-corrected chi connectivity index (χ1v) is 8.41. The van der Waals surface area contributed by atoms with Crippen LogP contribution in [0.2, 0.25) is 5.02 Å². The van der Waals surface area contributed by atoms with Crippen molar-refractivity contribution in [3.8, 4) is 11.5 Å². The number of halogens is 8. The Morgan fingerprint density at radius 2 is 1.61 bits per heavy atom. The van der Waals surface area contributed by atoms with Crippen LogP contribution in [-0.2, 0) is 0 Å². The summed E-state index contributed by atoms with van der Waals surface area (Å²) in [4.78, 5) is 11.7. The number of carbonyl (C=O) groups is 1. The van der Waals surface area contributed by atoms with Gasteiger partial charge in [0, 0.05) is 16.2 Å². The summed E-state index contributed by atoms with van der Waals surface area (Å²) in [5.74, 6) is -12.7. The Labute approximate surface area is 162 Å². The molecule has 0 radical (unpaired) electrons. The molecule has 2 aromatic rings. The smallest absolute Gasteiger partial charge is 0.459 e. The summed E-state index contributed by atoms with van der Waals surface area (Å²) in [6.45, 7) is -2.24. The van der Waals surface area contributed by atoms with Gasteiger partial charge in [-0.05, 0) is 6.07 Å². The van der Waals surface area contributed by atoms with Gasteiger partial charge >= 0.3 is 18.0 Å². The molecule has 0 saturated carbocycles. The van der Waals surface area contributed by atoms with E-state index in [-0.39, 0.29) is 26.8 Å². The monoisotopic (exact) mass is 453 g/mol. The van der Waals surface area contributed by atoms with Gasteiger partial charge in [-0.25, -0.2) is 0 Å². The Morgan fingerprint density at radius 3 is 2.11 bits per heavy atom. The minimum Gasteiger partial charge on any atom is -0.493 e. The van der Waals surface area contributed by atoms with Crippen LogP contribution >= 0.6 is 22.9 Å². The average Bonchev–Trinajstić information content (AvgIpc) is 2.93. The molecule has 1 N–H and O–H groups in total. The number of nitrogens with one attached hydrogen (secondary N) is 1. The zero-order valence-electron chi connectivity index (χ0n) is 14.0. The van der Waals surface area contributed by atoms with Crippen LogP contribution in [0, 0.1) is 0 Å². The quantitative estimate of drug-likeness (QED) is 0.617. The molecule has 0 atom stereocenters. The number of carbonyl (C=O) groups excluding carboxylic acids is 1. The van der Waals surface area contributed by atoms with Gasteiger partial charge in [-0.3, -0.25) is 4.79 Å². The number of benzene rings is 1. The molecule has 0 fully saturated rings. The van der Waals surface area contributed by atoms with E-state index in [2.05, 4.69) is 0 Å². The number of fused-ring (bicyclic) bond motifs is 1. The second kappa shape index (κ2) is 7.47. The van der Waals surface area contributed by atoms with Crippen LogP contribution in [0.15, 0.2) is 12.1 Å². The highest BCUT2D eigenvalue weighted by Gasteiger charge is 2.72. The molecule has 4 nitrogen and oxygen atoms in total. The van der Waals surface area contributed by atoms with Gasteiger partial charge < -0.3 is 14.8 Å². The standard InChI is InChI=1S/C15H11ClF7NO3S/c1-26-7-3-6-9(4-8(7)27-2)28-11(10(6)16)12(25)24-5-13(17,18)14(19,20)15(21,22)23/h3-4H,5H2,1-2H3,(H,24,25). The fourth-order valence-electron chi connectivity index (χ4n) is 2.13. The lowest BCUT2D eigenvalue weighted by Gasteiger charge is -2.28. The third kappa shape index (κ3) is 3.79. The largest absolute Gasteiger partial charge is 0.493 e. The van der Waals surface area contributed by atoms with Gasteiger partial charge in [0.05, 0.1) is 25.8 Å². The first-order chi connectivity index (χ1) is 12.8. The Kier molecular flexibility index (Phi) is 5.96. The van der Waals surface area contributed by atoms with Crippen molar-refractivity contribution >= 4 is 38.9 Å². The van der Waals surface area contributed by atoms with Crippen LogP contribution in [0.3, 0.4) is 0 Å². The van der Waals surface area contributed by atoms with Crippen molar-refractivity contribution in [2.24, 2.45) is 0 Å². The number of amides is 1. The summed E-state index contributed by atoms with van der Waals surface area (Å²) >= 11 is 6.74. The summed E-state index contributed by atoms with van der Waals surface area (Å²) in [6.07, 6.45) is -6.48. The summed E-state index contributed by atoms with van der Waals surface area (Å²) in [6, 6.07) is 2.84. The lowest BCUT2D eigenvalue weighted by atomic mass is 10.1. The highest BCUT2D eigenvalue weighted by molar-refractivity contribution is 7.21. The topological polar surface area (TPSA) is 47.6 Å². The van der Waals surface area contributed by atoms with Gasteiger partial charge in [0.25, 0.3) is 5.91 Å². The molecule has 28 heavy (non-hydrogen) atoms. The third-order valence-corrected chi connectivity index (χ3v) is 5.28. The molecule has 0 aliphatic carbocycles. The van der Waals surface area contributed by atoms with E-state index in [1.807, 2.05) is 0 Å². The van der Waals surface area contributed by atoms with Gasteiger partial charge in [0.15, 0.2) is 11.5 Å². The molecule has 1 aromatic heterocycles. The van der Waals surface area contributed by atoms with Crippen molar-refractivity contribution in [3.63, 3.8) is 0 Å². The Hall–Kier alpha value is -1.95. The zero-order valence-corrected chi connectivity index (χ0v) is 15.6. The molecular weight excluding hydrogens is 443 g/mol. The van der Waals surface area contributed by atoms with Crippen molar-refractivity contribution in [3.05, 3.63) is 22.0 Å². The molecule has 0 unspecified atom stereocenters. The second-order valence-electron chi connectivity index (χ2n) is 5.41. The Bertz CT molecular complexity index is 898. The predicted molar refractivity (Wildman–Crippen MR) is 88.2 cm³/mol. The number of hydrogen-bond donors (Lipinski definition) is 1. The number of rotatable bonds is 6. The van der Waals surface area contributed by atoms with E-state index in [0.717, 1.165) is 0 Å². The van der Waals surface area contributed by atoms with E-state index in [0.29, 0.717) is 16.0 Å². The number of thiophene rings is 1. The van der Waals surface area contributed by atoms with Gasteiger partial charge in [-0.2, -0.15) is 30.7 Å². The zero-order chi connectivity index (χ0) is 21.5. The molecule has 0 bridgehead atoms. The van der Waals surface area contributed by atoms with E-state index in [1.165, 1.54) is 31.7 Å². The molecule has 1 aromatic carbocycles. The lowest BCUT2D eigenvalue weighted by molar-refractivity contribution is -0.352. The second-order valence-corrected chi connectivity index (χ2v) is 6.84. The van der Waals surface area contributed by atoms with E-state index in [1.54, 1.807) is 0 Å². The summed E-state index contributed by atoms with van der Waals surface area (Å²) in [5.41, 5.74) is 0. The first-order valence-electron chi connectivity index (χ1n) is 7.21. The minimum atomic E-state index is -6.48. The number of alkyl halides is 7. The highest BCUT2D eigenvalue weighted by atomic mass is 35.5. The van der Waals surface area contributed by atoms with Gasteiger partial charge in [0.1, 0.15) is 4.88 Å². The Balaban J connectivity index is 2.30. The van der Waals surface area contributed by atoms with Crippen LogP contribution in [-0.4, -0.2) is 44.7 Å². The van der Waals surface area contributed by atoms with E-state index in [4.69, 9.17) is 21.1 Å². The maximum Gasteiger partial charge on any atom is 0.459 e. The van der Waals surface area contributed by atoms with Crippen molar-refractivity contribution in [2.45, 2.75) is 18.0 Å². The average molecular weight is 454 g/mol. The fourth-order valence-corrected chi connectivity index (χ4v) is 3.56. The van der Waals surface area contributed by atoms with Gasteiger partial charge in [-0.1, -0.05) is 11.6 Å². The van der Waals surface area contributed by atoms with Crippen LogP contribution in [0.25, 0.3) is 10.1 Å². The molecule has 0 aliphatic heterocycles. The van der Waals surface area contributed by atoms with E-state index in [9.17, 15) is 35.5 Å². The summed E-state index contributed by atoms with van der Waals surface area (Å²) < 4.78 is 99.4. The molecule has 156 valence electrons. The molecule has 1 amide bonds. The maximum atomic E-state index is 13.3. The molecule has 0 spiro atoms. The van der Waals surface area contributed by atoms with Crippen molar-refractivity contribution in [1.29, 1.82) is 0 Å².